The minimum absolute atomic E-state index is 0.0304. The Balaban J connectivity index is 1.89. The van der Waals surface area contributed by atoms with Gasteiger partial charge in [0.1, 0.15) is 5.56 Å². The first-order valence-electron chi connectivity index (χ1n) is 7.96. The second-order valence-corrected chi connectivity index (χ2v) is 5.22. The van der Waals surface area contributed by atoms with Crippen molar-refractivity contribution in [3.8, 4) is 5.88 Å². The third-order valence-corrected chi connectivity index (χ3v) is 3.65. The largest absolute Gasteiger partial charge is 0.477 e. The smallest absolute Gasteiger partial charge is 0.409 e. The lowest BCUT2D eigenvalue weighted by atomic mass is 10.0. The molecule has 1 fully saturated rings. The molecule has 1 saturated heterocycles. The van der Waals surface area contributed by atoms with Gasteiger partial charge in [0.15, 0.2) is 0 Å². The Labute approximate surface area is 136 Å². The molecule has 1 aliphatic heterocycles. The van der Waals surface area contributed by atoms with Gasteiger partial charge in [0.2, 0.25) is 5.88 Å². The number of likely N-dealkylation sites (tertiary alicyclic amines) is 1. The van der Waals surface area contributed by atoms with Crippen molar-refractivity contribution in [1.29, 1.82) is 0 Å². The van der Waals surface area contributed by atoms with Gasteiger partial charge >= 0.3 is 6.09 Å². The van der Waals surface area contributed by atoms with Crippen LogP contribution in [0.15, 0.2) is 18.3 Å². The quantitative estimate of drug-likeness (QED) is 0.895. The molecule has 23 heavy (non-hydrogen) atoms. The number of hydrogen-bond donors (Lipinski definition) is 1. The minimum atomic E-state index is -0.289. The molecule has 0 unspecified atom stereocenters. The maximum absolute atomic E-state index is 12.4. The third kappa shape index (κ3) is 4.58. The summed E-state index contributed by atoms with van der Waals surface area (Å²) in [6, 6.07) is 3.44. The number of aromatic nitrogens is 1. The summed E-state index contributed by atoms with van der Waals surface area (Å²) in [6.07, 6.45) is 2.71. The van der Waals surface area contributed by atoms with E-state index in [4.69, 9.17) is 9.47 Å². The van der Waals surface area contributed by atoms with E-state index in [-0.39, 0.29) is 18.0 Å². The van der Waals surface area contributed by atoms with E-state index in [9.17, 15) is 9.59 Å². The summed E-state index contributed by atoms with van der Waals surface area (Å²) in [5.41, 5.74) is 0.433. The van der Waals surface area contributed by atoms with Gasteiger partial charge in [0, 0.05) is 25.3 Å². The number of ether oxygens (including phenoxy) is 2. The Bertz CT molecular complexity index is 542. The third-order valence-electron chi connectivity index (χ3n) is 3.65. The number of nitrogens with zero attached hydrogens (tertiary/aromatic N) is 2. The molecule has 2 rings (SSSR count). The normalized spacial score (nSPS) is 15.1. The van der Waals surface area contributed by atoms with Crippen molar-refractivity contribution in [2.75, 3.05) is 26.3 Å². The first kappa shape index (κ1) is 17.1. The van der Waals surface area contributed by atoms with E-state index in [1.165, 1.54) is 0 Å². The highest BCUT2D eigenvalue weighted by Crippen LogP contribution is 2.16. The number of hydrogen-bond acceptors (Lipinski definition) is 5. The highest BCUT2D eigenvalue weighted by atomic mass is 16.6. The lowest BCUT2D eigenvalue weighted by Crippen LogP contribution is -2.46. The maximum atomic E-state index is 12.4. The van der Waals surface area contributed by atoms with Crippen molar-refractivity contribution in [3.63, 3.8) is 0 Å². The van der Waals surface area contributed by atoms with E-state index in [1.807, 2.05) is 6.92 Å². The molecule has 126 valence electrons. The van der Waals surface area contributed by atoms with Crippen LogP contribution < -0.4 is 10.1 Å². The SMILES string of the molecule is CCOC(=O)N1CCC(NC(=O)c2cccnc2OCC)CC1. The molecule has 1 aliphatic rings. The fourth-order valence-electron chi connectivity index (χ4n) is 2.50. The Kier molecular flexibility index (Phi) is 6.19. The summed E-state index contributed by atoms with van der Waals surface area (Å²) < 4.78 is 10.4. The number of amides is 2. The molecule has 1 aromatic rings. The first-order valence-corrected chi connectivity index (χ1v) is 7.96. The van der Waals surface area contributed by atoms with Crippen LogP contribution in [0.3, 0.4) is 0 Å². The van der Waals surface area contributed by atoms with Crippen LogP contribution in [0.4, 0.5) is 4.79 Å². The van der Waals surface area contributed by atoms with Crippen molar-refractivity contribution >= 4 is 12.0 Å². The second kappa shape index (κ2) is 8.36. The monoisotopic (exact) mass is 321 g/mol. The maximum Gasteiger partial charge on any atom is 0.409 e. The molecule has 1 N–H and O–H groups in total. The van der Waals surface area contributed by atoms with Gasteiger partial charge in [0.25, 0.3) is 5.91 Å². The molecule has 0 bridgehead atoms. The second-order valence-electron chi connectivity index (χ2n) is 5.22. The van der Waals surface area contributed by atoms with Crippen LogP contribution in [0.1, 0.15) is 37.0 Å². The van der Waals surface area contributed by atoms with E-state index in [0.29, 0.717) is 50.6 Å². The number of nitrogens with one attached hydrogen (secondary N) is 1. The predicted octanol–water partition coefficient (Wildman–Crippen LogP) is 1.83. The summed E-state index contributed by atoms with van der Waals surface area (Å²) in [6.45, 7) is 5.62. The van der Waals surface area contributed by atoms with E-state index in [2.05, 4.69) is 10.3 Å². The number of carbonyl (C=O) groups is 2. The van der Waals surface area contributed by atoms with Gasteiger partial charge in [-0.05, 0) is 38.8 Å². The summed E-state index contributed by atoms with van der Waals surface area (Å²) >= 11 is 0. The van der Waals surface area contributed by atoms with Gasteiger partial charge in [-0.2, -0.15) is 0 Å². The van der Waals surface area contributed by atoms with Crippen LogP contribution in [-0.2, 0) is 4.74 Å². The molecule has 7 heteroatoms. The molecule has 2 amide bonds. The van der Waals surface area contributed by atoms with Crippen molar-refractivity contribution in [1.82, 2.24) is 15.2 Å². The van der Waals surface area contributed by atoms with Crippen LogP contribution in [-0.4, -0.2) is 54.2 Å². The molecular formula is C16H23N3O4. The van der Waals surface area contributed by atoms with Crippen LogP contribution in [0.5, 0.6) is 5.88 Å². The predicted molar refractivity (Wildman–Crippen MR) is 84.5 cm³/mol. The van der Waals surface area contributed by atoms with Gasteiger partial charge in [-0.3, -0.25) is 4.79 Å². The Hall–Kier alpha value is -2.31. The van der Waals surface area contributed by atoms with Crippen LogP contribution in [0, 0.1) is 0 Å². The van der Waals surface area contributed by atoms with Crippen LogP contribution in [0.25, 0.3) is 0 Å². The van der Waals surface area contributed by atoms with Crippen LogP contribution in [0.2, 0.25) is 0 Å². The molecular weight excluding hydrogens is 298 g/mol. The molecule has 0 atom stereocenters. The van der Waals surface area contributed by atoms with E-state index in [0.717, 1.165) is 0 Å². The Morgan fingerprint density at radius 1 is 1.30 bits per heavy atom. The zero-order valence-corrected chi connectivity index (χ0v) is 13.6. The lowest BCUT2D eigenvalue weighted by Gasteiger charge is -2.31. The molecule has 0 radical (unpaired) electrons. The standard InChI is InChI=1S/C16H23N3O4/c1-3-22-15-13(6-5-9-17-15)14(20)18-12-7-10-19(11-8-12)16(21)23-4-2/h5-6,9,12H,3-4,7-8,10-11H2,1-2H3,(H,18,20). The molecule has 7 nitrogen and oxygen atoms in total. The number of pyridine rings is 1. The van der Waals surface area contributed by atoms with Crippen molar-refractivity contribution < 1.29 is 19.1 Å². The average Bonchev–Trinajstić information content (AvgIpc) is 2.56. The number of carbonyl (C=O) groups excluding carboxylic acids is 2. The Morgan fingerprint density at radius 2 is 2.04 bits per heavy atom. The average molecular weight is 321 g/mol. The summed E-state index contributed by atoms with van der Waals surface area (Å²) in [4.78, 5) is 29.8. The van der Waals surface area contributed by atoms with Gasteiger partial charge in [-0.1, -0.05) is 0 Å². The molecule has 0 aromatic carbocycles. The number of rotatable bonds is 5. The topological polar surface area (TPSA) is 80.8 Å². The van der Waals surface area contributed by atoms with Gasteiger partial charge in [0.05, 0.1) is 13.2 Å². The fourth-order valence-corrected chi connectivity index (χ4v) is 2.50. The molecule has 2 heterocycles. The van der Waals surface area contributed by atoms with Crippen molar-refractivity contribution in [3.05, 3.63) is 23.9 Å². The van der Waals surface area contributed by atoms with Crippen LogP contribution >= 0.6 is 0 Å². The molecule has 0 aliphatic carbocycles. The van der Waals surface area contributed by atoms with Gasteiger partial charge in [-0.25, -0.2) is 9.78 Å². The highest BCUT2D eigenvalue weighted by Gasteiger charge is 2.25. The zero-order valence-electron chi connectivity index (χ0n) is 13.6. The van der Waals surface area contributed by atoms with E-state index < -0.39 is 0 Å². The van der Waals surface area contributed by atoms with Crippen molar-refractivity contribution in [2.45, 2.75) is 32.7 Å². The molecule has 1 aromatic heterocycles. The first-order chi connectivity index (χ1) is 11.2. The van der Waals surface area contributed by atoms with Crippen molar-refractivity contribution in [2.24, 2.45) is 0 Å². The highest BCUT2D eigenvalue weighted by molar-refractivity contribution is 5.96. The Morgan fingerprint density at radius 3 is 2.70 bits per heavy atom. The lowest BCUT2D eigenvalue weighted by molar-refractivity contribution is 0.0857. The fraction of sp³-hybridized carbons (Fsp3) is 0.562. The van der Waals surface area contributed by atoms with Gasteiger partial charge < -0.3 is 19.7 Å². The minimum Gasteiger partial charge on any atom is -0.477 e. The summed E-state index contributed by atoms with van der Waals surface area (Å²) in [5, 5.41) is 2.99. The summed E-state index contributed by atoms with van der Waals surface area (Å²) in [7, 11) is 0. The van der Waals surface area contributed by atoms with E-state index >= 15 is 0 Å². The van der Waals surface area contributed by atoms with E-state index in [1.54, 1.807) is 30.2 Å². The zero-order chi connectivity index (χ0) is 16.7. The van der Waals surface area contributed by atoms with Gasteiger partial charge in [-0.15, -0.1) is 0 Å². The molecule has 0 spiro atoms. The summed E-state index contributed by atoms with van der Waals surface area (Å²) in [5.74, 6) is 0.146. The molecule has 0 saturated carbocycles. The number of piperidine rings is 1.